The van der Waals surface area contributed by atoms with Gasteiger partial charge in [0.05, 0.1) is 6.10 Å². The van der Waals surface area contributed by atoms with Gasteiger partial charge in [0.2, 0.25) is 0 Å². The van der Waals surface area contributed by atoms with Crippen LogP contribution in [0.2, 0.25) is 0 Å². The Morgan fingerprint density at radius 1 is 1.31 bits per heavy atom. The Labute approximate surface area is 162 Å². The minimum atomic E-state index is 0.421. The lowest BCUT2D eigenvalue weighted by Gasteiger charge is -2.40. The van der Waals surface area contributed by atoms with E-state index in [1.807, 2.05) is 18.4 Å². The minimum absolute atomic E-state index is 0.421. The zero-order valence-electron chi connectivity index (χ0n) is 16.5. The molecule has 3 heterocycles. The lowest BCUT2D eigenvalue weighted by atomic mass is 9.88. The molecule has 2 aliphatic rings. The molecule has 6 heteroatoms. The van der Waals surface area contributed by atoms with Crippen molar-refractivity contribution in [2.45, 2.75) is 44.8 Å². The van der Waals surface area contributed by atoms with Gasteiger partial charge in [0.15, 0.2) is 5.96 Å². The van der Waals surface area contributed by atoms with E-state index in [0.29, 0.717) is 18.1 Å². The number of hydrogen-bond donors (Lipinski definition) is 1. The number of likely N-dealkylation sites (tertiary alicyclic amines) is 2. The number of thiophene rings is 1. The van der Waals surface area contributed by atoms with E-state index >= 15 is 0 Å². The van der Waals surface area contributed by atoms with Crippen LogP contribution in [0, 0.1) is 5.92 Å². The quantitative estimate of drug-likeness (QED) is 0.631. The number of ether oxygens (including phenoxy) is 1. The fraction of sp³-hybridized carbons (Fsp3) is 0.750. The zero-order valence-corrected chi connectivity index (χ0v) is 17.3. The van der Waals surface area contributed by atoms with Crippen LogP contribution in [-0.2, 0) is 4.74 Å². The van der Waals surface area contributed by atoms with E-state index in [0.717, 1.165) is 45.0 Å². The highest BCUT2D eigenvalue weighted by Gasteiger charge is 2.31. The average molecular weight is 379 g/mol. The molecule has 146 valence electrons. The molecule has 5 nitrogen and oxygen atoms in total. The lowest BCUT2D eigenvalue weighted by molar-refractivity contribution is 0.0262. The first-order valence-corrected chi connectivity index (χ1v) is 10.9. The predicted octanol–water partition coefficient (Wildman–Crippen LogP) is 3.21. The third-order valence-electron chi connectivity index (χ3n) is 5.72. The van der Waals surface area contributed by atoms with Crippen LogP contribution in [-0.4, -0.2) is 68.7 Å². The summed E-state index contributed by atoms with van der Waals surface area (Å²) in [6.45, 7) is 7.14. The molecule has 0 aromatic carbocycles. The van der Waals surface area contributed by atoms with Crippen LogP contribution >= 0.6 is 11.3 Å². The summed E-state index contributed by atoms with van der Waals surface area (Å²) in [5.74, 6) is 1.68. The normalized spacial score (nSPS) is 26.3. The van der Waals surface area contributed by atoms with Crippen molar-refractivity contribution in [1.29, 1.82) is 0 Å². The first-order valence-electron chi connectivity index (χ1n) is 10.0. The van der Waals surface area contributed by atoms with Gasteiger partial charge in [-0.3, -0.25) is 9.89 Å². The van der Waals surface area contributed by atoms with Gasteiger partial charge in [0.1, 0.15) is 0 Å². The van der Waals surface area contributed by atoms with Gasteiger partial charge in [-0.2, -0.15) is 0 Å². The maximum atomic E-state index is 5.78. The van der Waals surface area contributed by atoms with Crippen molar-refractivity contribution >= 4 is 17.3 Å². The van der Waals surface area contributed by atoms with E-state index in [1.165, 1.54) is 24.3 Å². The first-order chi connectivity index (χ1) is 12.7. The smallest absolute Gasteiger partial charge is 0.193 e. The second-order valence-corrected chi connectivity index (χ2v) is 8.39. The Balaban J connectivity index is 1.56. The van der Waals surface area contributed by atoms with Crippen LogP contribution in [0.5, 0.6) is 0 Å². The maximum absolute atomic E-state index is 5.78. The molecule has 2 saturated heterocycles. The Morgan fingerprint density at radius 3 is 2.77 bits per heavy atom. The molecule has 2 unspecified atom stereocenters. The molecule has 1 N–H and O–H groups in total. The number of rotatable bonds is 5. The summed E-state index contributed by atoms with van der Waals surface area (Å²) in [5, 5.41) is 5.88. The van der Waals surface area contributed by atoms with Gasteiger partial charge >= 0.3 is 0 Å². The van der Waals surface area contributed by atoms with Crippen LogP contribution in [0.3, 0.4) is 0 Å². The summed E-state index contributed by atoms with van der Waals surface area (Å²) in [6, 6.07) is 4.99. The predicted molar refractivity (Wildman–Crippen MR) is 110 cm³/mol. The highest BCUT2D eigenvalue weighted by molar-refractivity contribution is 7.10. The molecule has 1 aromatic rings. The number of aliphatic imine (C=N–C) groups is 1. The molecule has 3 rings (SSSR count). The van der Waals surface area contributed by atoms with E-state index in [-0.39, 0.29) is 0 Å². The van der Waals surface area contributed by atoms with Gasteiger partial charge in [-0.05, 0) is 63.6 Å². The Hall–Kier alpha value is -1.11. The molecule has 0 spiro atoms. The molecule has 0 radical (unpaired) electrons. The Kier molecular flexibility index (Phi) is 7.34. The molecule has 2 atom stereocenters. The van der Waals surface area contributed by atoms with Gasteiger partial charge in [0.25, 0.3) is 0 Å². The van der Waals surface area contributed by atoms with E-state index < -0.39 is 0 Å². The van der Waals surface area contributed by atoms with Crippen LogP contribution in [0.25, 0.3) is 0 Å². The van der Waals surface area contributed by atoms with Crippen LogP contribution in [0.15, 0.2) is 22.5 Å². The van der Waals surface area contributed by atoms with Gasteiger partial charge in [0, 0.05) is 44.2 Å². The Bertz CT molecular complexity index is 554. The van der Waals surface area contributed by atoms with Crippen molar-refractivity contribution in [3.8, 4) is 0 Å². The standard InChI is InChI=1S/C20H34N4OS/c1-4-25-17-9-12-24(13-10-17)20(21-2)22-15-16-7-5-11-23(3)19(16)18-8-6-14-26-18/h6,8,14,16-17,19H,4-5,7,9-13,15H2,1-3H3,(H,21,22). The van der Waals surface area contributed by atoms with Crippen LogP contribution < -0.4 is 5.32 Å². The fourth-order valence-corrected chi connectivity index (χ4v) is 5.39. The van der Waals surface area contributed by atoms with E-state index in [2.05, 4.69) is 51.6 Å². The number of nitrogens with one attached hydrogen (secondary N) is 1. The number of hydrogen-bond acceptors (Lipinski definition) is 4. The Morgan fingerprint density at radius 2 is 2.12 bits per heavy atom. The highest BCUT2D eigenvalue weighted by atomic mass is 32.1. The van der Waals surface area contributed by atoms with Crippen molar-refractivity contribution < 1.29 is 4.74 Å². The monoisotopic (exact) mass is 378 g/mol. The van der Waals surface area contributed by atoms with Gasteiger partial charge in [-0.15, -0.1) is 11.3 Å². The van der Waals surface area contributed by atoms with Crippen molar-refractivity contribution in [3.63, 3.8) is 0 Å². The minimum Gasteiger partial charge on any atom is -0.378 e. The third kappa shape index (κ3) is 4.78. The maximum Gasteiger partial charge on any atom is 0.193 e. The second-order valence-electron chi connectivity index (χ2n) is 7.41. The number of nitrogens with zero attached hydrogens (tertiary/aromatic N) is 3. The third-order valence-corrected chi connectivity index (χ3v) is 6.66. The van der Waals surface area contributed by atoms with Gasteiger partial charge in [-0.25, -0.2) is 0 Å². The van der Waals surface area contributed by atoms with Crippen LogP contribution in [0.1, 0.15) is 43.5 Å². The van der Waals surface area contributed by atoms with E-state index in [4.69, 9.17) is 4.74 Å². The summed E-state index contributed by atoms with van der Waals surface area (Å²) in [7, 11) is 4.17. The molecular weight excluding hydrogens is 344 g/mol. The molecule has 0 saturated carbocycles. The molecule has 2 fully saturated rings. The van der Waals surface area contributed by atoms with Gasteiger partial charge in [-0.1, -0.05) is 6.07 Å². The molecule has 2 aliphatic heterocycles. The van der Waals surface area contributed by atoms with E-state index in [9.17, 15) is 0 Å². The largest absolute Gasteiger partial charge is 0.378 e. The molecule has 1 aromatic heterocycles. The molecular formula is C20H34N4OS. The number of guanidine groups is 1. The summed E-state index contributed by atoms with van der Waals surface area (Å²) < 4.78 is 5.78. The molecule has 0 bridgehead atoms. The zero-order chi connectivity index (χ0) is 18.4. The number of piperidine rings is 2. The van der Waals surface area contributed by atoms with Gasteiger partial charge < -0.3 is 15.0 Å². The summed E-state index contributed by atoms with van der Waals surface area (Å²) >= 11 is 1.89. The topological polar surface area (TPSA) is 40.1 Å². The summed E-state index contributed by atoms with van der Waals surface area (Å²) in [6.07, 6.45) is 5.17. The van der Waals surface area contributed by atoms with Crippen LogP contribution in [0.4, 0.5) is 0 Å². The van der Waals surface area contributed by atoms with Crippen molar-refractivity contribution in [1.82, 2.24) is 15.1 Å². The van der Waals surface area contributed by atoms with E-state index in [1.54, 1.807) is 0 Å². The lowest BCUT2D eigenvalue weighted by Crippen LogP contribution is -2.49. The average Bonchev–Trinajstić information content (AvgIpc) is 3.18. The molecule has 0 aliphatic carbocycles. The van der Waals surface area contributed by atoms with Crippen molar-refractivity contribution in [3.05, 3.63) is 22.4 Å². The van der Waals surface area contributed by atoms with Crippen molar-refractivity contribution in [2.75, 3.05) is 46.9 Å². The summed E-state index contributed by atoms with van der Waals surface area (Å²) in [5.41, 5.74) is 0. The second kappa shape index (κ2) is 9.72. The first kappa shape index (κ1) is 19.6. The highest BCUT2D eigenvalue weighted by Crippen LogP contribution is 2.36. The summed E-state index contributed by atoms with van der Waals surface area (Å²) in [4.78, 5) is 11.0. The molecule has 26 heavy (non-hydrogen) atoms. The SMILES string of the molecule is CCOC1CCN(C(=NC)NCC2CCCN(C)C2c2cccs2)CC1. The molecule has 0 amide bonds. The fourth-order valence-electron chi connectivity index (χ4n) is 4.41. The van der Waals surface area contributed by atoms with Crippen molar-refractivity contribution in [2.24, 2.45) is 10.9 Å².